The number of nitrogen functional groups attached to an aromatic ring is 2. The van der Waals surface area contributed by atoms with Crippen molar-refractivity contribution in [2.45, 2.75) is 0 Å². The normalized spacial score (nSPS) is 9.80. The van der Waals surface area contributed by atoms with E-state index >= 15 is 0 Å². The van der Waals surface area contributed by atoms with Crippen LogP contribution in [0.5, 0.6) is 0 Å². The van der Waals surface area contributed by atoms with Crippen LogP contribution >= 0.6 is 15.9 Å². The average molecular weight is 205 g/mol. The molecular weight excluding hydrogens is 199 g/mol. The molecule has 54 valence electrons. The Morgan fingerprint density at radius 2 is 1.60 bits per heavy atom. The van der Waals surface area contributed by atoms with Gasteiger partial charge in [0.15, 0.2) is 0 Å². The van der Waals surface area contributed by atoms with E-state index in [-0.39, 0.29) is 0 Å². The van der Waals surface area contributed by atoms with Crippen molar-refractivity contribution in [1.82, 2.24) is 0 Å². The Bertz CT molecular complexity index is 239. The van der Waals surface area contributed by atoms with E-state index in [4.69, 9.17) is 11.5 Å². The predicted octanol–water partition coefficient (Wildman–Crippen LogP) is 1.75. The van der Waals surface area contributed by atoms with Crippen LogP contribution < -0.4 is 11.5 Å². The quantitative estimate of drug-likeness (QED) is 0.634. The molecule has 0 aliphatic carbocycles. The van der Waals surface area contributed by atoms with Crippen LogP contribution in [-0.2, 0) is 0 Å². The van der Waals surface area contributed by atoms with E-state index in [0.717, 1.165) is 0 Å². The van der Waals surface area contributed by atoms with Crippen LogP contribution in [0.15, 0.2) is 16.6 Å². The van der Waals surface area contributed by atoms with Gasteiger partial charge in [-0.1, -0.05) is 0 Å². The van der Waals surface area contributed by atoms with Crippen molar-refractivity contribution in [3.05, 3.63) is 22.4 Å². The smallest absolute Gasteiger partial charge is 0.127 e. The molecule has 0 aromatic heterocycles. The molecule has 0 atom stereocenters. The van der Waals surface area contributed by atoms with Crippen molar-refractivity contribution in [3.8, 4) is 0 Å². The van der Waals surface area contributed by atoms with Crippen LogP contribution in [-0.4, -0.2) is 0 Å². The second-order valence-electron chi connectivity index (χ2n) is 1.90. The number of nitrogens with two attached hydrogens (primary N) is 2. The Labute approximate surface area is 66.1 Å². The van der Waals surface area contributed by atoms with Crippen molar-refractivity contribution in [3.63, 3.8) is 0 Å². The van der Waals surface area contributed by atoms with Gasteiger partial charge in [-0.25, -0.2) is 4.39 Å². The summed E-state index contributed by atoms with van der Waals surface area (Å²) >= 11 is 3.10. The monoisotopic (exact) mass is 204 g/mol. The van der Waals surface area contributed by atoms with Gasteiger partial charge in [-0.2, -0.15) is 0 Å². The van der Waals surface area contributed by atoms with Gasteiger partial charge >= 0.3 is 0 Å². The first kappa shape index (κ1) is 7.34. The Morgan fingerprint density at radius 3 is 2.00 bits per heavy atom. The van der Waals surface area contributed by atoms with Crippen LogP contribution in [0, 0.1) is 5.82 Å². The molecule has 0 saturated heterocycles. The summed E-state index contributed by atoms with van der Waals surface area (Å²) in [6.45, 7) is 0. The fourth-order valence-electron chi connectivity index (χ4n) is 0.632. The SMILES string of the molecule is Nc1cc(F)cc(N)c1Br. The van der Waals surface area contributed by atoms with E-state index in [1.165, 1.54) is 12.1 Å². The minimum Gasteiger partial charge on any atom is -0.398 e. The summed E-state index contributed by atoms with van der Waals surface area (Å²) < 4.78 is 13.0. The third kappa shape index (κ3) is 1.21. The predicted molar refractivity (Wildman–Crippen MR) is 42.9 cm³/mol. The first-order valence-electron chi connectivity index (χ1n) is 2.61. The number of rotatable bonds is 0. The Balaban J connectivity index is 3.31. The maximum absolute atomic E-state index is 12.4. The number of halogens is 2. The summed E-state index contributed by atoms with van der Waals surface area (Å²) in [5.74, 6) is -0.418. The molecule has 0 unspecified atom stereocenters. The maximum Gasteiger partial charge on any atom is 0.127 e. The average Bonchev–Trinajstić information content (AvgIpc) is 1.82. The summed E-state index contributed by atoms with van der Waals surface area (Å²) in [6.07, 6.45) is 0. The Hall–Kier alpha value is -0.770. The molecule has 0 aliphatic rings. The minimum absolute atomic E-state index is 0.317. The molecule has 0 aliphatic heterocycles. The zero-order valence-corrected chi connectivity index (χ0v) is 6.65. The molecule has 0 radical (unpaired) electrons. The molecule has 0 heterocycles. The number of anilines is 2. The molecule has 0 bridgehead atoms. The first-order chi connectivity index (χ1) is 4.61. The lowest BCUT2D eigenvalue weighted by molar-refractivity contribution is 0.629. The fraction of sp³-hybridized carbons (Fsp3) is 0. The van der Waals surface area contributed by atoms with Gasteiger partial charge in [0.2, 0.25) is 0 Å². The van der Waals surface area contributed by atoms with E-state index in [1.54, 1.807) is 0 Å². The van der Waals surface area contributed by atoms with Crippen LogP contribution in [0.3, 0.4) is 0 Å². The van der Waals surface area contributed by atoms with Gasteiger partial charge < -0.3 is 11.5 Å². The van der Waals surface area contributed by atoms with Crippen LogP contribution in [0.2, 0.25) is 0 Å². The van der Waals surface area contributed by atoms with Crippen molar-refractivity contribution in [1.29, 1.82) is 0 Å². The van der Waals surface area contributed by atoms with Crippen molar-refractivity contribution >= 4 is 27.3 Å². The highest BCUT2D eigenvalue weighted by molar-refractivity contribution is 9.10. The van der Waals surface area contributed by atoms with Gasteiger partial charge in [0.25, 0.3) is 0 Å². The summed E-state index contributed by atoms with van der Waals surface area (Å²) in [5, 5.41) is 0. The van der Waals surface area contributed by atoms with Gasteiger partial charge in [-0.15, -0.1) is 0 Å². The van der Waals surface area contributed by atoms with Crippen LogP contribution in [0.25, 0.3) is 0 Å². The molecule has 0 fully saturated rings. The third-order valence-electron chi connectivity index (χ3n) is 1.09. The van der Waals surface area contributed by atoms with Gasteiger partial charge in [-0.05, 0) is 28.1 Å². The zero-order valence-electron chi connectivity index (χ0n) is 5.07. The largest absolute Gasteiger partial charge is 0.398 e. The molecule has 0 amide bonds. The van der Waals surface area contributed by atoms with E-state index < -0.39 is 5.82 Å². The second kappa shape index (κ2) is 2.46. The molecule has 10 heavy (non-hydrogen) atoms. The molecule has 1 aromatic carbocycles. The summed E-state index contributed by atoms with van der Waals surface area (Å²) in [6, 6.07) is 2.42. The lowest BCUT2D eigenvalue weighted by atomic mass is 10.3. The molecule has 4 heteroatoms. The van der Waals surface area contributed by atoms with E-state index in [9.17, 15) is 4.39 Å². The van der Waals surface area contributed by atoms with Gasteiger partial charge in [0, 0.05) is 0 Å². The van der Waals surface area contributed by atoms with E-state index in [1.807, 2.05) is 0 Å². The molecule has 1 rings (SSSR count). The number of hydrogen-bond donors (Lipinski definition) is 2. The third-order valence-corrected chi connectivity index (χ3v) is 2.01. The molecule has 2 nitrogen and oxygen atoms in total. The fourth-order valence-corrected chi connectivity index (χ4v) is 0.861. The van der Waals surface area contributed by atoms with Gasteiger partial charge in [0.1, 0.15) is 5.82 Å². The number of hydrogen-bond acceptors (Lipinski definition) is 2. The molecule has 0 saturated carbocycles. The summed E-state index contributed by atoms with van der Waals surface area (Å²) in [7, 11) is 0. The van der Waals surface area contributed by atoms with Crippen LogP contribution in [0.4, 0.5) is 15.8 Å². The van der Waals surface area contributed by atoms with Crippen molar-refractivity contribution in [2.24, 2.45) is 0 Å². The first-order valence-corrected chi connectivity index (χ1v) is 3.40. The summed E-state index contributed by atoms with van der Waals surface area (Å²) in [4.78, 5) is 0. The van der Waals surface area contributed by atoms with Gasteiger partial charge in [0.05, 0.1) is 15.8 Å². The lowest BCUT2D eigenvalue weighted by Crippen LogP contribution is -1.94. The highest BCUT2D eigenvalue weighted by Crippen LogP contribution is 2.26. The summed E-state index contributed by atoms with van der Waals surface area (Å²) in [5.41, 5.74) is 11.3. The topological polar surface area (TPSA) is 52.0 Å². The highest BCUT2D eigenvalue weighted by atomic mass is 79.9. The standard InChI is InChI=1S/C6H6BrFN2/c7-6-4(9)1-3(8)2-5(6)10/h1-2H,9-10H2. The zero-order chi connectivity index (χ0) is 7.72. The maximum atomic E-state index is 12.4. The molecular formula is C6H6BrFN2. The van der Waals surface area contributed by atoms with Gasteiger partial charge in [-0.3, -0.25) is 0 Å². The highest BCUT2D eigenvalue weighted by Gasteiger charge is 2.01. The van der Waals surface area contributed by atoms with Crippen molar-refractivity contribution < 1.29 is 4.39 Å². The van der Waals surface area contributed by atoms with E-state index in [2.05, 4.69) is 15.9 Å². The minimum atomic E-state index is -0.418. The number of benzene rings is 1. The second-order valence-corrected chi connectivity index (χ2v) is 2.69. The Kier molecular flexibility index (Phi) is 1.80. The van der Waals surface area contributed by atoms with Crippen molar-refractivity contribution in [2.75, 3.05) is 11.5 Å². The van der Waals surface area contributed by atoms with E-state index in [0.29, 0.717) is 15.8 Å². The Morgan fingerprint density at radius 1 is 1.20 bits per heavy atom. The lowest BCUT2D eigenvalue weighted by Gasteiger charge is -2.00. The molecule has 1 aromatic rings. The molecule has 4 N–H and O–H groups in total. The molecule has 0 spiro atoms. The van der Waals surface area contributed by atoms with Crippen LogP contribution in [0.1, 0.15) is 0 Å².